The van der Waals surface area contributed by atoms with Crippen LogP contribution < -0.4 is 22.3 Å². The Labute approximate surface area is 152 Å². The number of aryl methyl sites for hydroxylation is 1. The zero-order valence-electron chi connectivity index (χ0n) is 16.0. The van der Waals surface area contributed by atoms with Crippen LogP contribution in [0.15, 0.2) is 21.2 Å². The first-order valence-electron chi connectivity index (χ1n) is 9.11. The van der Waals surface area contributed by atoms with E-state index in [-0.39, 0.29) is 23.3 Å². The lowest BCUT2D eigenvalue weighted by Gasteiger charge is -2.27. The van der Waals surface area contributed by atoms with Gasteiger partial charge in [-0.05, 0) is 39.5 Å². The Morgan fingerprint density at radius 1 is 1.27 bits per heavy atom. The highest BCUT2D eigenvalue weighted by atomic mass is 16.2. The van der Waals surface area contributed by atoms with E-state index in [1.54, 1.807) is 7.05 Å². The maximum absolute atomic E-state index is 12.7. The van der Waals surface area contributed by atoms with Gasteiger partial charge < -0.3 is 15.6 Å². The maximum atomic E-state index is 12.7. The number of hydrogen-bond acceptors (Lipinski definition) is 5. The Balaban J connectivity index is 2.14. The molecule has 26 heavy (non-hydrogen) atoms. The number of nitrogens with two attached hydrogens (primary N) is 1. The number of imidazole rings is 1. The molecule has 8 nitrogen and oxygen atoms in total. The van der Waals surface area contributed by atoms with Crippen molar-refractivity contribution in [3.05, 3.63) is 32.5 Å². The van der Waals surface area contributed by atoms with E-state index in [0.717, 1.165) is 35.8 Å². The van der Waals surface area contributed by atoms with Gasteiger partial charge >= 0.3 is 5.69 Å². The Bertz CT molecular complexity index is 961. The minimum Gasteiger partial charge on any atom is -0.353 e. The molecule has 1 saturated carbocycles. The van der Waals surface area contributed by atoms with Crippen molar-refractivity contribution in [1.82, 2.24) is 18.7 Å². The quantitative estimate of drug-likeness (QED) is 0.795. The third-order valence-electron chi connectivity index (χ3n) is 5.08. The fourth-order valence-corrected chi connectivity index (χ4v) is 3.55. The smallest absolute Gasteiger partial charge is 0.332 e. The molecule has 1 aliphatic carbocycles. The van der Waals surface area contributed by atoms with Gasteiger partial charge in [-0.3, -0.25) is 13.9 Å². The van der Waals surface area contributed by atoms with Crippen LogP contribution in [0.2, 0.25) is 0 Å². The molecule has 2 heterocycles. The molecule has 1 aliphatic rings. The standard InChI is InChI=1S/C18H28N6O2/c1-11(2)8-9-24-14-15(22(3)18(26)23(4)16(14)25)21-17(24)20-13-7-5-6-12(19)10-13/h8,12-13H,5-7,9-10,19H2,1-4H3,(H,20,21)/t12-,13+/m0/s1. The largest absolute Gasteiger partial charge is 0.353 e. The van der Waals surface area contributed by atoms with Crippen molar-refractivity contribution >= 4 is 17.1 Å². The average Bonchev–Trinajstić information content (AvgIpc) is 2.94. The number of hydrogen-bond donors (Lipinski definition) is 2. The minimum atomic E-state index is -0.374. The molecule has 0 saturated heterocycles. The van der Waals surface area contributed by atoms with E-state index in [1.165, 1.54) is 11.6 Å². The molecule has 0 aromatic carbocycles. The van der Waals surface area contributed by atoms with Gasteiger partial charge in [0.2, 0.25) is 5.95 Å². The second-order valence-electron chi connectivity index (χ2n) is 7.47. The summed E-state index contributed by atoms with van der Waals surface area (Å²) in [5, 5.41) is 3.47. The van der Waals surface area contributed by atoms with E-state index in [9.17, 15) is 9.59 Å². The molecule has 2 aromatic rings. The summed E-state index contributed by atoms with van der Waals surface area (Å²) in [6.07, 6.45) is 6.07. The highest BCUT2D eigenvalue weighted by Gasteiger charge is 2.23. The Kier molecular flexibility index (Phi) is 5.04. The highest BCUT2D eigenvalue weighted by molar-refractivity contribution is 5.74. The number of nitrogens with zero attached hydrogens (tertiary/aromatic N) is 4. The number of nitrogens with one attached hydrogen (secondary N) is 1. The number of rotatable bonds is 4. The lowest BCUT2D eigenvalue weighted by molar-refractivity contribution is 0.407. The zero-order valence-corrected chi connectivity index (χ0v) is 16.0. The molecule has 0 unspecified atom stereocenters. The zero-order chi connectivity index (χ0) is 19.0. The lowest BCUT2D eigenvalue weighted by Crippen LogP contribution is -2.37. The second kappa shape index (κ2) is 7.11. The van der Waals surface area contributed by atoms with Gasteiger partial charge in [-0.2, -0.15) is 4.98 Å². The van der Waals surface area contributed by atoms with Gasteiger partial charge in [-0.15, -0.1) is 0 Å². The van der Waals surface area contributed by atoms with Crippen LogP contribution in [0.1, 0.15) is 39.5 Å². The molecule has 1 fully saturated rings. The fraction of sp³-hybridized carbons (Fsp3) is 0.611. The monoisotopic (exact) mass is 360 g/mol. The fourth-order valence-electron chi connectivity index (χ4n) is 3.55. The summed E-state index contributed by atoms with van der Waals surface area (Å²) in [6, 6.07) is 0.413. The van der Waals surface area contributed by atoms with Crippen LogP contribution >= 0.6 is 0 Å². The summed E-state index contributed by atoms with van der Waals surface area (Å²) >= 11 is 0. The first kappa shape index (κ1) is 18.4. The van der Waals surface area contributed by atoms with Crippen molar-refractivity contribution in [2.45, 2.75) is 58.2 Å². The molecule has 0 amide bonds. The molecule has 8 heteroatoms. The SMILES string of the molecule is CC(C)=CCn1c(N[C@@H]2CCC[C@H](N)C2)nc2c1c(=O)n(C)c(=O)n2C. The van der Waals surface area contributed by atoms with Gasteiger partial charge in [-0.25, -0.2) is 4.79 Å². The van der Waals surface area contributed by atoms with Crippen LogP contribution in [-0.2, 0) is 20.6 Å². The summed E-state index contributed by atoms with van der Waals surface area (Å²) in [6.45, 7) is 4.55. The molecule has 0 spiro atoms. The summed E-state index contributed by atoms with van der Waals surface area (Å²) in [5.41, 5.74) is 7.40. The number of fused-ring (bicyclic) bond motifs is 1. The maximum Gasteiger partial charge on any atom is 0.332 e. The third kappa shape index (κ3) is 3.33. The van der Waals surface area contributed by atoms with E-state index < -0.39 is 0 Å². The Hall–Kier alpha value is -2.35. The molecular formula is C18H28N6O2. The van der Waals surface area contributed by atoms with E-state index in [2.05, 4.69) is 10.3 Å². The van der Waals surface area contributed by atoms with Crippen molar-refractivity contribution < 1.29 is 0 Å². The summed E-state index contributed by atoms with van der Waals surface area (Å²) < 4.78 is 4.42. The normalized spacial score (nSPS) is 20.3. The Morgan fingerprint density at radius 3 is 2.65 bits per heavy atom. The molecular weight excluding hydrogens is 332 g/mol. The average molecular weight is 360 g/mol. The molecule has 2 atom stereocenters. The summed E-state index contributed by atoms with van der Waals surface area (Å²) in [4.78, 5) is 29.6. The molecule has 3 rings (SSSR count). The molecule has 0 aliphatic heterocycles. The first-order chi connectivity index (χ1) is 12.3. The topological polar surface area (TPSA) is 99.9 Å². The van der Waals surface area contributed by atoms with Gasteiger partial charge in [0.05, 0.1) is 0 Å². The molecule has 2 aromatic heterocycles. The number of aromatic nitrogens is 4. The molecule has 142 valence electrons. The van der Waals surface area contributed by atoms with Gasteiger partial charge in [-0.1, -0.05) is 11.6 Å². The van der Waals surface area contributed by atoms with E-state index in [1.807, 2.05) is 24.5 Å². The van der Waals surface area contributed by atoms with Crippen molar-refractivity contribution in [2.75, 3.05) is 5.32 Å². The van der Waals surface area contributed by atoms with E-state index in [4.69, 9.17) is 5.73 Å². The molecule has 0 radical (unpaired) electrons. The van der Waals surface area contributed by atoms with Crippen LogP contribution in [0.25, 0.3) is 11.2 Å². The number of anilines is 1. The van der Waals surface area contributed by atoms with Gasteiger partial charge in [0.25, 0.3) is 5.56 Å². The van der Waals surface area contributed by atoms with Crippen LogP contribution in [0.4, 0.5) is 5.95 Å². The van der Waals surface area contributed by atoms with Crippen molar-refractivity contribution in [3.8, 4) is 0 Å². The summed E-state index contributed by atoms with van der Waals surface area (Å²) in [5.74, 6) is 0.620. The first-order valence-corrected chi connectivity index (χ1v) is 9.11. The van der Waals surface area contributed by atoms with Gasteiger partial charge in [0, 0.05) is 32.7 Å². The van der Waals surface area contributed by atoms with Crippen molar-refractivity contribution in [3.63, 3.8) is 0 Å². The third-order valence-corrected chi connectivity index (χ3v) is 5.08. The highest BCUT2D eigenvalue weighted by Crippen LogP contribution is 2.23. The van der Waals surface area contributed by atoms with Gasteiger partial charge in [0.15, 0.2) is 11.2 Å². The van der Waals surface area contributed by atoms with Crippen LogP contribution in [0, 0.1) is 0 Å². The lowest BCUT2D eigenvalue weighted by atomic mass is 9.92. The van der Waals surface area contributed by atoms with Crippen molar-refractivity contribution in [1.29, 1.82) is 0 Å². The predicted molar refractivity (Wildman–Crippen MR) is 104 cm³/mol. The van der Waals surface area contributed by atoms with E-state index in [0.29, 0.717) is 23.7 Å². The van der Waals surface area contributed by atoms with E-state index >= 15 is 0 Å². The predicted octanol–water partition coefficient (Wildman–Crippen LogP) is 1.08. The van der Waals surface area contributed by atoms with Crippen molar-refractivity contribution in [2.24, 2.45) is 19.8 Å². The van der Waals surface area contributed by atoms with Gasteiger partial charge in [0.1, 0.15) is 0 Å². The summed E-state index contributed by atoms with van der Waals surface area (Å²) in [7, 11) is 3.14. The molecule has 0 bridgehead atoms. The minimum absolute atomic E-state index is 0.189. The number of allylic oxidation sites excluding steroid dienone is 2. The Morgan fingerprint density at radius 2 is 2.00 bits per heavy atom. The van der Waals surface area contributed by atoms with Crippen LogP contribution in [0.5, 0.6) is 0 Å². The second-order valence-corrected chi connectivity index (χ2v) is 7.47. The van der Waals surface area contributed by atoms with Crippen LogP contribution in [-0.4, -0.2) is 30.8 Å². The molecule has 3 N–H and O–H groups in total. The van der Waals surface area contributed by atoms with Crippen LogP contribution in [0.3, 0.4) is 0 Å².